The van der Waals surface area contributed by atoms with Gasteiger partial charge in [0.05, 0.1) is 12.8 Å². The molecule has 0 unspecified atom stereocenters. The van der Waals surface area contributed by atoms with Crippen LogP contribution in [0.1, 0.15) is 43.9 Å². The lowest BCUT2D eigenvalue weighted by Crippen LogP contribution is -2.29. The number of hydrogen-bond donors (Lipinski definition) is 2. The van der Waals surface area contributed by atoms with Gasteiger partial charge in [-0.25, -0.2) is 0 Å². The van der Waals surface area contributed by atoms with Crippen LogP contribution in [-0.2, 0) is 10.2 Å². The molecule has 4 heteroatoms. The number of methoxy groups -OCH3 is 1. The number of hydrogen-bond acceptors (Lipinski definition) is 3. The van der Waals surface area contributed by atoms with Gasteiger partial charge in [-0.1, -0.05) is 36.4 Å². The average molecular weight is 338 g/mol. The Labute approximate surface area is 149 Å². The lowest BCUT2D eigenvalue weighted by molar-refractivity contribution is -0.114. The smallest absolute Gasteiger partial charge is 0.221 e. The van der Waals surface area contributed by atoms with Crippen LogP contribution in [0, 0.1) is 0 Å². The predicted molar refractivity (Wildman–Crippen MR) is 101 cm³/mol. The Kier molecular flexibility index (Phi) is 5.09. The lowest BCUT2D eigenvalue weighted by Gasteiger charge is -2.22. The summed E-state index contributed by atoms with van der Waals surface area (Å²) in [6.07, 6.45) is 2.47. The zero-order valence-electron chi connectivity index (χ0n) is 15.1. The van der Waals surface area contributed by atoms with Crippen LogP contribution in [0.2, 0.25) is 0 Å². The van der Waals surface area contributed by atoms with Crippen LogP contribution in [0.5, 0.6) is 5.75 Å². The van der Waals surface area contributed by atoms with E-state index in [9.17, 15) is 4.79 Å². The number of carbonyl (C=O) groups is 1. The van der Waals surface area contributed by atoms with Crippen molar-refractivity contribution >= 4 is 11.6 Å². The van der Waals surface area contributed by atoms with E-state index in [1.165, 1.54) is 25.3 Å². The van der Waals surface area contributed by atoms with E-state index in [1.54, 1.807) is 7.11 Å². The van der Waals surface area contributed by atoms with E-state index in [2.05, 4.69) is 47.9 Å². The number of carbonyl (C=O) groups excluding carboxylic acids is 1. The van der Waals surface area contributed by atoms with Crippen molar-refractivity contribution in [3.05, 3.63) is 59.7 Å². The summed E-state index contributed by atoms with van der Waals surface area (Å²) in [5, 5.41) is 6.50. The highest BCUT2D eigenvalue weighted by Gasteiger charge is 2.43. The zero-order valence-corrected chi connectivity index (χ0v) is 15.1. The van der Waals surface area contributed by atoms with Crippen LogP contribution in [0.25, 0.3) is 0 Å². The van der Waals surface area contributed by atoms with Crippen molar-refractivity contribution in [3.63, 3.8) is 0 Å². The molecule has 0 heterocycles. The third kappa shape index (κ3) is 4.02. The second-order valence-electron chi connectivity index (χ2n) is 6.89. The summed E-state index contributed by atoms with van der Waals surface area (Å²) in [6, 6.07) is 16.9. The SMILES string of the molecule is COc1ccc([C@H](C)NCC2(c3ccccc3)CC2)cc1NC(C)=O. The lowest BCUT2D eigenvalue weighted by atomic mass is 9.95. The minimum atomic E-state index is -0.0999. The highest BCUT2D eigenvalue weighted by molar-refractivity contribution is 5.90. The Morgan fingerprint density at radius 1 is 1.20 bits per heavy atom. The molecule has 3 rings (SSSR count). The van der Waals surface area contributed by atoms with Crippen molar-refractivity contribution in [3.8, 4) is 5.75 Å². The summed E-state index contributed by atoms with van der Waals surface area (Å²) in [5.41, 5.74) is 3.55. The van der Waals surface area contributed by atoms with Gasteiger partial charge in [-0.2, -0.15) is 0 Å². The first kappa shape index (κ1) is 17.5. The van der Waals surface area contributed by atoms with E-state index in [1.807, 2.05) is 18.2 Å². The molecule has 0 radical (unpaired) electrons. The molecule has 4 nitrogen and oxygen atoms in total. The summed E-state index contributed by atoms with van der Waals surface area (Å²) >= 11 is 0. The first-order valence-electron chi connectivity index (χ1n) is 8.78. The van der Waals surface area contributed by atoms with Crippen molar-refractivity contribution in [2.45, 2.75) is 38.1 Å². The summed E-state index contributed by atoms with van der Waals surface area (Å²) in [5.74, 6) is 0.575. The van der Waals surface area contributed by atoms with Gasteiger partial charge in [0.1, 0.15) is 5.75 Å². The van der Waals surface area contributed by atoms with Crippen LogP contribution in [0.4, 0.5) is 5.69 Å². The first-order chi connectivity index (χ1) is 12.0. The van der Waals surface area contributed by atoms with E-state index < -0.39 is 0 Å². The highest BCUT2D eigenvalue weighted by atomic mass is 16.5. The third-order valence-corrected chi connectivity index (χ3v) is 5.02. The van der Waals surface area contributed by atoms with Gasteiger partial charge in [0.2, 0.25) is 5.91 Å². The molecule has 1 amide bonds. The van der Waals surface area contributed by atoms with Crippen molar-refractivity contribution < 1.29 is 9.53 Å². The maximum atomic E-state index is 11.4. The van der Waals surface area contributed by atoms with E-state index in [-0.39, 0.29) is 17.4 Å². The van der Waals surface area contributed by atoms with Gasteiger partial charge < -0.3 is 15.4 Å². The molecule has 1 saturated carbocycles. The minimum absolute atomic E-state index is 0.0999. The molecule has 0 aliphatic heterocycles. The highest BCUT2D eigenvalue weighted by Crippen LogP contribution is 2.47. The molecular weight excluding hydrogens is 312 g/mol. The molecule has 1 aliphatic rings. The van der Waals surface area contributed by atoms with Crippen LogP contribution in [0.15, 0.2) is 48.5 Å². The van der Waals surface area contributed by atoms with Gasteiger partial charge in [0.25, 0.3) is 0 Å². The Bertz CT molecular complexity index is 739. The van der Waals surface area contributed by atoms with Crippen molar-refractivity contribution in [2.75, 3.05) is 19.0 Å². The maximum Gasteiger partial charge on any atom is 0.221 e. The number of nitrogens with one attached hydrogen (secondary N) is 2. The van der Waals surface area contributed by atoms with Crippen LogP contribution < -0.4 is 15.4 Å². The monoisotopic (exact) mass is 338 g/mol. The number of ether oxygens (including phenoxy) is 1. The van der Waals surface area contributed by atoms with Crippen LogP contribution >= 0.6 is 0 Å². The largest absolute Gasteiger partial charge is 0.495 e. The molecule has 1 aliphatic carbocycles. The molecule has 0 aromatic heterocycles. The fraction of sp³-hybridized carbons (Fsp3) is 0.381. The Balaban J connectivity index is 1.69. The molecule has 0 bridgehead atoms. The van der Waals surface area contributed by atoms with Crippen molar-refractivity contribution in [1.29, 1.82) is 0 Å². The van der Waals surface area contributed by atoms with E-state index in [0.717, 1.165) is 12.1 Å². The molecule has 1 atom stereocenters. The first-order valence-corrected chi connectivity index (χ1v) is 8.78. The second kappa shape index (κ2) is 7.28. The molecule has 132 valence electrons. The van der Waals surface area contributed by atoms with Crippen LogP contribution in [-0.4, -0.2) is 19.6 Å². The summed E-state index contributed by atoms with van der Waals surface area (Å²) < 4.78 is 5.33. The minimum Gasteiger partial charge on any atom is -0.495 e. The molecule has 25 heavy (non-hydrogen) atoms. The van der Waals surface area contributed by atoms with Crippen molar-refractivity contribution in [1.82, 2.24) is 5.32 Å². The predicted octanol–water partition coefficient (Wildman–Crippen LogP) is 4.04. The molecule has 2 N–H and O–H groups in total. The molecule has 1 fully saturated rings. The fourth-order valence-corrected chi connectivity index (χ4v) is 3.26. The summed E-state index contributed by atoms with van der Waals surface area (Å²) in [4.78, 5) is 11.4. The number of anilines is 1. The standard InChI is InChI=1S/C21H26N2O2/c1-15(17-9-10-20(25-3)19(13-17)23-16(2)24)22-14-21(11-12-21)18-7-5-4-6-8-18/h4-10,13,15,22H,11-12,14H2,1-3H3,(H,23,24)/t15-/m0/s1. The van der Waals surface area contributed by atoms with Crippen molar-refractivity contribution in [2.24, 2.45) is 0 Å². The van der Waals surface area contributed by atoms with Gasteiger partial charge >= 0.3 is 0 Å². The average Bonchev–Trinajstić information content (AvgIpc) is 3.41. The molecule has 0 spiro atoms. The van der Waals surface area contributed by atoms with Crippen LogP contribution in [0.3, 0.4) is 0 Å². The normalized spacial score (nSPS) is 16.1. The quantitative estimate of drug-likeness (QED) is 0.801. The van der Waals surface area contributed by atoms with Gasteiger partial charge in [-0.05, 0) is 43.0 Å². The fourth-order valence-electron chi connectivity index (χ4n) is 3.26. The van der Waals surface area contributed by atoms with Gasteiger partial charge in [-0.15, -0.1) is 0 Å². The topological polar surface area (TPSA) is 50.4 Å². The molecular formula is C21H26N2O2. The van der Waals surface area contributed by atoms with E-state index >= 15 is 0 Å². The van der Waals surface area contributed by atoms with Gasteiger partial charge in [-0.3, -0.25) is 4.79 Å². The number of benzene rings is 2. The Morgan fingerprint density at radius 2 is 1.92 bits per heavy atom. The van der Waals surface area contributed by atoms with E-state index in [0.29, 0.717) is 11.4 Å². The van der Waals surface area contributed by atoms with Gasteiger partial charge in [0.15, 0.2) is 0 Å². The maximum absolute atomic E-state index is 11.4. The second-order valence-corrected chi connectivity index (χ2v) is 6.89. The van der Waals surface area contributed by atoms with Gasteiger partial charge in [0, 0.05) is 24.9 Å². The number of rotatable bonds is 7. The molecule has 2 aromatic rings. The van der Waals surface area contributed by atoms with E-state index in [4.69, 9.17) is 4.74 Å². The Morgan fingerprint density at radius 3 is 2.52 bits per heavy atom. The molecule has 2 aromatic carbocycles. The third-order valence-electron chi connectivity index (χ3n) is 5.02. The Hall–Kier alpha value is -2.33. The summed E-state index contributed by atoms with van der Waals surface area (Å²) in [7, 11) is 1.61. The summed E-state index contributed by atoms with van der Waals surface area (Å²) in [6.45, 7) is 4.62. The zero-order chi connectivity index (χ0) is 17.9. The number of amides is 1. The molecule has 0 saturated heterocycles.